The normalized spacial score (nSPS) is 16.8. The van der Waals surface area contributed by atoms with Crippen molar-refractivity contribution in [2.24, 2.45) is 35.1 Å². The number of anilines is 1. The van der Waals surface area contributed by atoms with Crippen LogP contribution in [0.4, 0.5) is 10.5 Å². The molecule has 78 heavy (non-hydrogen) atoms. The quantitative estimate of drug-likeness (QED) is 0.0412. The average Bonchev–Trinajstić information content (AvgIpc) is 3.92. The second-order valence-corrected chi connectivity index (χ2v) is 21.2. The molecule has 7 unspecified atom stereocenters. The van der Waals surface area contributed by atoms with Gasteiger partial charge in [0.1, 0.15) is 18.1 Å². The smallest absolute Gasteiger partial charge is 0.312 e. The maximum Gasteiger partial charge on any atom is 0.312 e. The van der Waals surface area contributed by atoms with E-state index in [4.69, 9.17) is 20.9 Å². The molecule has 10 atom stereocenters. The van der Waals surface area contributed by atoms with E-state index in [1.54, 1.807) is 70.8 Å². The van der Waals surface area contributed by atoms with Gasteiger partial charge in [0, 0.05) is 67.1 Å². The monoisotopic (exact) mass is 1090 g/mol. The largest absolute Gasteiger partial charge is 0.379 e. The van der Waals surface area contributed by atoms with Crippen LogP contribution in [0.1, 0.15) is 98.1 Å². The number of likely N-dealkylation sites (tertiary alicyclic amines) is 1. The molecule has 10 N–H and O–H groups in total. The van der Waals surface area contributed by atoms with E-state index in [2.05, 4.69) is 31.9 Å². The van der Waals surface area contributed by atoms with Gasteiger partial charge in [-0.05, 0) is 73.1 Å². The molecule has 1 saturated heterocycles. The van der Waals surface area contributed by atoms with Gasteiger partial charge in [-0.2, -0.15) is 0 Å². The summed E-state index contributed by atoms with van der Waals surface area (Å²) >= 11 is 0. The topological polar surface area (TPSA) is 306 Å². The van der Waals surface area contributed by atoms with Crippen molar-refractivity contribution in [2.75, 3.05) is 60.3 Å². The molecule has 10 amide bonds. The molecule has 22 nitrogen and oxygen atoms in total. The maximum atomic E-state index is 14.4. The van der Waals surface area contributed by atoms with Gasteiger partial charge in [-0.25, -0.2) is 4.79 Å². The van der Waals surface area contributed by atoms with Crippen LogP contribution in [0.3, 0.4) is 0 Å². The molecule has 2 aromatic carbocycles. The Morgan fingerprint density at radius 1 is 0.744 bits per heavy atom. The van der Waals surface area contributed by atoms with Crippen LogP contribution in [-0.4, -0.2) is 171 Å². The molecule has 1 fully saturated rings. The van der Waals surface area contributed by atoms with Crippen LogP contribution in [0.2, 0.25) is 0 Å². The third kappa shape index (κ3) is 19.7. The van der Waals surface area contributed by atoms with E-state index < -0.39 is 102 Å². The second kappa shape index (κ2) is 32.3. The van der Waals surface area contributed by atoms with Crippen molar-refractivity contribution in [3.8, 4) is 0 Å². The van der Waals surface area contributed by atoms with Gasteiger partial charge in [0.05, 0.1) is 42.7 Å². The van der Waals surface area contributed by atoms with E-state index in [-0.39, 0.29) is 56.0 Å². The lowest BCUT2D eigenvalue weighted by Gasteiger charge is -2.40. The number of nitrogens with two attached hydrogens (primary N) is 2. The SMILES string of the molecule is CCC(C)C(C(CC(=O)N1CCCC1C(OC)C(C)C(=O)N[C@@H](Cc1ccccc1)C(=O)NCCc1ccc(NC(=O)C(CCCNC(N)=O)NC(=O)[C@H](N)C(C)C)cc1)OC)N(C)C(=O)[C@@H](NC(=O)C(=O)N(C)C)C(C)C. The van der Waals surface area contributed by atoms with Gasteiger partial charge >= 0.3 is 17.8 Å². The fourth-order valence-electron chi connectivity index (χ4n) is 9.60. The summed E-state index contributed by atoms with van der Waals surface area (Å²) in [6.07, 6.45) is 1.45. The number of carbonyl (C=O) groups is 9. The fourth-order valence-corrected chi connectivity index (χ4v) is 9.60. The number of hydrogen-bond acceptors (Lipinski definition) is 12. The Labute approximate surface area is 460 Å². The molecule has 3 rings (SSSR count). The molecule has 1 aliphatic rings. The van der Waals surface area contributed by atoms with Crippen LogP contribution in [0.15, 0.2) is 54.6 Å². The summed E-state index contributed by atoms with van der Waals surface area (Å²) in [5.41, 5.74) is 13.3. The Morgan fingerprint density at radius 3 is 1.95 bits per heavy atom. The summed E-state index contributed by atoms with van der Waals surface area (Å²) in [5, 5.41) is 16.6. The van der Waals surface area contributed by atoms with E-state index in [0.29, 0.717) is 44.3 Å². The standard InChI is InChI=1S/C56H89N11O11/c1-13-35(6)47(66(10)54(74)46(34(4)5)64-53(73)55(75)65(8)9)43(77-11)32-44(68)67-30-18-22-42(67)48(78-12)36(7)49(69)63-41(31-38-19-15-14-16-20-38)50(70)59-29-27-37-23-25-39(26-24-37)61-51(71)40(21-17-28-60-56(58)76)62-52(72)45(57)33(2)3/h14-16,19-20,23-26,33-36,40-43,45-48H,13,17-18,21-22,27-32,57H2,1-12H3,(H,59,70)(H,61,71)(H,62,72)(H,63,69)(H,64,73)(H3,58,60,76)/t35?,36?,40?,41-,42?,43?,45+,46-,47?,48?/m0/s1. The summed E-state index contributed by atoms with van der Waals surface area (Å²) in [7, 11) is 7.50. The third-order valence-corrected chi connectivity index (χ3v) is 14.6. The number of methoxy groups -OCH3 is 2. The van der Waals surface area contributed by atoms with Crippen molar-refractivity contribution in [3.05, 3.63) is 65.7 Å². The minimum atomic E-state index is -1.02. The van der Waals surface area contributed by atoms with Gasteiger partial charge in [0.25, 0.3) is 0 Å². The zero-order valence-corrected chi connectivity index (χ0v) is 47.9. The Kier molecular flexibility index (Phi) is 27.2. The van der Waals surface area contributed by atoms with Gasteiger partial charge in [0.2, 0.25) is 35.4 Å². The number of hydrogen-bond donors (Lipinski definition) is 8. The molecule has 0 radical (unpaired) electrons. The minimum absolute atomic E-state index is 0.0928. The first kappa shape index (κ1) is 65.6. The number of primary amides is 1. The number of likely N-dealkylation sites (N-methyl/N-ethyl adjacent to an activating group) is 2. The lowest BCUT2D eigenvalue weighted by Crippen LogP contribution is -2.59. The molecule has 0 aromatic heterocycles. The predicted octanol–water partition coefficient (Wildman–Crippen LogP) is 2.08. The molecule has 22 heteroatoms. The first-order valence-electron chi connectivity index (χ1n) is 27.1. The molecular formula is C56H89N11O11. The zero-order valence-electron chi connectivity index (χ0n) is 47.9. The van der Waals surface area contributed by atoms with E-state index >= 15 is 0 Å². The number of amides is 10. The number of ether oxygens (including phenoxy) is 2. The molecule has 0 spiro atoms. The summed E-state index contributed by atoms with van der Waals surface area (Å²) in [6, 6.07) is 10.8. The highest BCUT2D eigenvalue weighted by molar-refractivity contribution is 6.35. The fraction of sp³-hybridized carbons (Fsp3) is 0.625. The van der Waals surface area contributed by atoms with Crippen molar-refractivity contribution in [3.63, 3.8) is 0 Å². The van der Waals surface area contributed by atoms with Gasteiger partial charge < -0.3 is 67.5 Å². The van der Waals surface area contributed by atoms with Crippen molar-refractivity contribution < 1.29 is 52.6 Å². The number of nitrogens with zero attached hydrogens (tertiary/aromatic N) is 3. The molecule has 2 aromatic rings. The molecular weight excluding hydrogens is 1000 g/mol. The Balaban J connectivity index is 1.73. The van der Waals surface area contributed by atoms with Gasteiger partial charge in [0.15, 0.2) is 0 Å². The highest BCUT2D eigenvalue weighted by atomic mass is 16.5. The Morgan fingerprint density at radius 2 is 1.38 bits per heavy atom. The summed E-state index contributed by atoms with van der Waals surface area (Å²) in [5.74, 6) is -5.61. The first-order chi connectivity index (χ1) is 36.9. The van der Waals surface area contributed by atoms with E-state index in [1.807, 2.05) is 44.2 Å². The lowest BCUT2D eigenvalue weighted by atomic mass is 9.89. The summed E-state index contributed by atoms with van der Waals surface area (Å²) < 4.78 is 12.0. The predicted molar refractivity (Wildman–Crippen MR) is 297 cm³/mol. The number of rotatable bonds is 30. The zero-order chi connectivity index (χ0) is 58.4. The van der Waals surface area contributed by atoms with Crippen molar-refractivity contribution in [1.82, 2.24) is 41.3 Å². The van der Waals surface area contributed by atoms with Gasteiger partial charge in [-0.3, -0.25) is 38.4 Å². The van der Waals surface area contributed by atoms with E-state index in [0.717, 1.165) is 16.0 Å². The number of carbonyl (C=O) groups excluding carboxylic acids is 9. The Hall–Kier alpha value is -6.65. The van der Waals surface area contributed by atoms with Crippen LogP contribution in [0.25, 0.3) is 0 Å². The summed E-state index contributed by atoms with van der Waals surface area (Å²) in [6.45, 7) is 13.6. The van der Waals surface area contributed by atoms with Crippen LogP contribution in [0.5, 0.6) is 0 Å². The van der Waals surface area contributed by atoms with E-state index in [1.165, 1.54) is 33.2 Å². The van der Waals surface area contributed by atoms with Crippen molar-refractivity contribution in [2.45, 2.75) is 148 Å². The molecule has 434 valence electrons. The minimum Gasteiger partial charge on any atom is -0.379 e. The first-order valence-corrected chi connectivity index (χ1v) is 27.1. The maximum absolute atomic E-state index is 14.4. The lowest BCUT2D eigenvalue weighted by molar-refractivity contribution is -0.149. The second-order valence-electron chi connectivity index (χ2n) is 21.2. The Bertz CT molecular complexity index is 2300. The highest BCUT2D eigenvalue weighted by Gasteiger charge is 2.43. The van der Waals surface area contributed by atoms with E-state index in [9.17, 15) is 43.2 Å². The highest BCUT2D eigenvalue weighted by Crippen LogP contribution is 2.30. The average molecular weight is 1090 g/mol. The number of nitrogens with one attached hydrogen (secondary N) is 6. The summed E-state index contributed by atoms with van der Waals surface area (Å²) in [4.78, 5) is 124. The molecule has 1 aliphatic heterocycles. The third-order valence-electron chi connectivity index (χ3n) is 14.6. The molecule has 1 heterocycles. The van der Waals surface area contributed by atoms with Crippen LogP contribution in [0, 0.1) is 23.7 Å². The number of benzene rings is 2. The van der Waals surface area contributed by atoms with Gasteiger partial charge in [-0.1, -0.05) is 97.4 Å². The molecule has 0 saturated carbocycles. The molecule has 0 aliphatic carbocycles. The number of urea groups is 1. The van der Waals surface area contributed by atoms with Crippen LogP contribution >= 0.6 is 0 Å². The van der Waals surface area contributed by atoms with Crippen LogP contribution < -0.4 is 43.4 Å². The van der Waals surface area contributed by atoms with Gasteiger partial charge in [-0.15, -0.1) is 0 Å². The van der Waals surface area contributed by atoms with Crippen molar-refractivity contribution >= 4 is 59.0 Å². The van der Waals surface area contributed by atoms with Crippen molar-refractivity contribution in [1.29, 1.82) is 0 Å². The molecule has 0 bridgehead atoms. The van der Waals surface area contributed by atoms with Crippen LogP contribution in [-0.2, 0) is 60.7 Å².